The highest BCUT2D eigenvalue weighted by Gasteiger charge is 2.32. The second-order valence-corrected chi connectivity index (χ2v) is 5.73. The minimum Gasteiger partial charge on any atom is -0.480 e. The molecule has 1 amide bonds. The van der Waals surface area contributed by atoms with Gasteiger partial charge < -0.3 is 15.8 Å². The normalized spacial score (nSPS) is 16.8. The quantitative estimate of drug-likeness (QED) is 0.816. The summed E-state index contributed by atoms with van der Waals surface area (Å²) in [5.41, 5.74) is 5.68. The zero-order valence-electron chi connectivity index (χ0n) is 11.3. The summed E-state index contributed by atoms with van der Waals surface area (Å²) in [6.07, 6.45) is 1.77. The molecular formula is C14H20BrClN2O2. The molecular weight excluding hydrogens is 344 g/mol. The molecule has 0 heterocycles. The predicted molar refractivity (Wildman–Crippen MR) is 85.2 cm³/mol. The highest BCUT2D eigenvalue weighted by molar-refractivity contribution is 9.10. The highest BCUT2D eigenvalue weighted by atomic mass is 79.9. The van der Waals surface area contributed by atoms with Crippen molar-refractivity contribution < 1.29 is 9.53 Å². The monoisotopic (exact) mass is 362 g/mol. The zero-order chi connectivity index (χ0) is 13.8. The molecule has 4 nitrogen and oxygen atoms in total. The van der Waals surface area contributed by atoms with Crippen LogP contribution in [0.3, 0.4) is 0 Å². The van der Waals surface area contributed by atoms with Crippen LogP contribution in [0.15, 0.2) is 28.7 Å². The lowest BCUT2D eigenvalue weighted by Gasteiger charge is -2.20. The van der Waals surface area contributed by atoms with Gasteiger partial charge in [0.15, 0.2) is 6.10 Å². The maximum Gasteiger partial charge on any atom is 0.261 e. The van der Waals surface area contributed by atoms with Crippen LogP contribution >= 0.6 is 28.3 Å². The van der Waals surface area contributed by atoms with Crippen molar-refractivity contribution in [3.63, 3.8) is 0 Å². The molecule has 1 aromatic carbocycles. The van der Waals surface area contributed by atoms with Gasteiger partial charge in [0.25, 0.3) is 5.91 Å². The molecule has 6 heteroatoms. The number of nitrogens with one attached hydrogen (secondary N) is 1. The maximum atomic E-state index is 12.1. The number of halogens is 2. The van der Waals surface area contributed by atoms with Crippen molar-refractivity contribution in [1.29, 1.82) is 0 Å². The summed E-state index contributed by atoms with van der Waals surface area (Å²) in [6, 6.07) is 7.57. The second kappa shape index (κ2) is 7.86. The third-order valence-corrected chi connectivity index (χ3v) is 3.94. The Balaban J connectivity index is 0.00000200. The third-order valence-electron chi connectivity index (χ3n) is 3.28. The largest absolute Gasteiger partial charge is 0.480 e. The molecule has 1 saturated carbocycles. The standard InChI is InChI=1S/C14H19BrN2O2.ClH/c1-9(19-13-5-3-2-4-11(13)15)14(18)17-12(8-16)10-6-7-10;/h2-5,9-10,12H,6-8,16H2,1H3,(H,17,18);1H. The van der Waals surface area contributed by atoms with Crippen LogP contribution in [0.1, 0.15) is 19.8 Å². The van der Waals surface area contributed by atoms with E-state index in [9.17, 15) is 4.79 Å². The topological polar surface area (TPSA) is 64.3 Å². The average molecular weight is 364 g/mol. The molecule has 0 saturated heterocycles. The van der Waals surface area contributed by atoms with Gasteiger partial charge in [0.1, 0.15) is 5.75 Å². The van der Waals surface area contributed by atoms with Crippen LogP contribution in [0.4, 0.5) is 0 Å². The van der Waals surface area contributed by atoms with Crippen LogP contribution in [0.5, 0.6) is 5.75 Å². The van der Waals surface area contributed by atoms with Crippen molar-refractivity contribution >= 4 is 34.2 Å². The summed E-state index contributed by atoms with van der Waals surface area (Å²) in [5.74, 6) is 1.10. The molecule has 112 valence electrons. The molecule has 2 unspecified atom stereocenters. The Hall–Kier alpha value is -0.780. The minimum absolute atomic E-state index is 0. The van der Waals surface area contributed by atoms with Crippen molar-refractivity contribution in [2.24, 2.45) is 11.7 Å². The first-order valence-corrected chi connectivity index (χ1v) is 7.32. The second-order valence-electron chi connectivity index (χ2n) is 4.88. The van der Waals surface area contributed by atoms with Crippen LogP contribution in [0.25, 0.3) is 0 Å². The predicted octanol–water partition coefficient (Wildman–Crippen LogP) is 2.49. The smallest absolute Gasteiger partial charge is 0.261 e. The van der Waals surface area contributed by atoms with Crippen LogP contribution in [0.2, 0.25) is 0 Å². The summed E-state index contributed by atoms with van der Waals surface area (Å²) in [5, 5.41) is 2.96. The molecule has 0 bridgehead atoms. The van der Waals surface area contributed by atoms with E-state index in [0.717, 1.165) is 17.3 Å². The molecule has 3 N–H and O–H groups in total. The number of hydrogen-bond donors (Lipinski definition) is 2. The molecule has 2 rings (SSSR count). The van der Waals surface area contributed by atoms with E-state index in [0.29, 0.717) is 18.2 Å². The average Bonchev–Trinajstić information content (AvgIpc) is 3.22. The molecule has 1 fully saturated rings. The van der Waals surface area contributed by atoms with Gasteiger partial charge in [-0.1, -0.05) is 12.1 Å². The van der Waals surface area contributed by atoms with Gasteiger partial charge in [0.2, 0.25) is 0 Å². The van der Waals surface area contributed by atoms with E-state index < -0.39 is 6.10 Å². The number of carbonyl (C=O) groups is 1. The lowest BCUT2D eigenvalue weighted by molar-refractivity contribution is -0.128. The number of rotatable bonds is 6. The Kier molecular flexibility index (Phi) is 6.79. The SMILES string of the molecule is CC(Oc1ccccc1Br)C(=O)NC(CN)C1CC1.Cl. The van der Waals surface area contributed by atoms with E-state index in [1.54, 1.807) is 6.92 Å². The van der Waals surface area contributed by atoms with Gasteiger partial charge in [-0.2, -0.15) is 0 Å². The number of ether oxygens (including phenoxy) is 1. The molecule has 0 spiro atoms. The van der Waals surface area contributed by atoms with E-state index in [-0.39, 0.29) is 24.4 Å². The first kappa shape index (κ1) is 17.3. The molecule has 0 aromatic heterocycles. The Bertz CT molecular complexity index is 455. The van der Waals surface area contributed by atoms with Crippen LogP contribution in [-0.2, 0) is 4.79 Å². The van der Waals surface area contributed by atoms with Crippen molar-refractivity contribution in [2.45, 2.75) is 31.9 Å². The number of nitrogens with two attached hydrogens (primary N) is 1. The Labute approximate surface area is 134 Å². The van der Waals surface area contributed by atoms with E-state index in [1.807, 2.05) is 24.3 Å². The van der Waals surface area contributed by atoms with E-state index in [2.05, 4.69) is 21.2 Å². The van der Waals surface area contributed by atoms with Crippen LogP contribution in [0, 0.1) is 5.92 Å². The highest BCUT2D eigenvalue weighted by Crippen LogP contribution is 2.32. The molecule has 0 aliphatic heterocycles. The fraction of sp³-hybridized carbons (Fsp3) is 0.500. The number of para-hydroxylation sites is 1. The molecule has 1 aromatic rings. The lowest BCUT2D eigenvalue weighted by Crippen LogP contribution is -2.46. The Morgan fingerprint density at radius 1 is 1.50 bits per heavy atom. The van der Waals surface area contributed by atoms with E-state index >= 15 is 0 Å². The van der Waals surface area contributed by atoms with Crippen LogP contribution < -0.4 is 15.8 Å². The fourth-order valence-electron chi connectivity index (χ4n) is 1.95. The molecule has 2 atom stereocenters. The van der Waals surface area contributed by atoms with Gasteiger partial charge in [-0.3, -0.25) is 4.79 Å². The zero-order valence-corrected chi connectivity index (χ0v) is 13.7. The molecule has 0 radical (unpaired) electrons. The fourth-order valence-corrected chi connectivity index (χ4v) is 2.33. The van der Waals surface area contributed by atoms with E-state index in [4.69, 9.17) is 10.5 Å². The number of amides is 1. The minimum atomic E-state index is -0.536. The van der Waals surface area contributed by atoms with Gasteiger partial charge in [0.05, 0.1) is 4.47 Å². The summed E-state index contributed by atoms with van der Waals surface area (Å²) in [7, 11) is 0. The molecule has 1 aliphatic rings. The summed E-state index contributed by atoms with van der Waals surface area (Å²) < 4.78 is 6.49. The van der Waals surface area contributed by atoms with Gasteiger partial charge in [-0.25, -0.2) is 0 Å². The van der Waals surface area contributed by atoms with Gasteiger partial charge in [-0.05, 0) is 53.7 Å². The number of benzene rings is 1. The summed E-state index contributed by atoms with van der Waals surface area (Å²) in [6.45, 7) is 2.23. The summed E-state index contributed by atoms with van der Waals surface area (Å²) in [4.78, 5) is 12.1. The maximum absolute atomic E-state index is 12.1. The van der Waals surface area contributed by atoms with Gasteiger partial charge >= 0.3 is 0 Å². The Morgan fingerprint density at radius 2 is 2.15 bits per heavy atom. The van der Waals surface area contributed by atoms with Crippen molar-refractivity contribution in [3.8, 4) is 5.75 Å². The van der Waals surface area contributed by atoms with Crippen LogP contribution in [-0.4, -0.2) is 24.6 Å². The number of carbonyl (C=O) groups excluding carboxylic acids is 1. The first-order chi connectivity index (χ1) is 9.11. The Morgan fingerprint density at radius 3 is 2.70 bits per heavy atom. The van der Waals surface area contributed by atoms with E-state index in [1.165, 1.54) is 0 Å². The number of hydrogen-bond acceptors (Lipinski definition) is 3. The summed E-state index contributed by atoms with van der Waals surface area (Å²) >= 11 is 3.39. The third kappa shape index (κ3) is 4.65. The van der Waals surface area contributed by atoms with Crippen molar-refractivity contribution in [3.05, 3.63) is 28.7 Å². The van der Waals surface area contributed by atoms with Gasteiger partial charge in [-0.15, -0.1) is 12.4 Å². The lowest BCUT2D eigenvalue weighted by atomic mass is 10.2. The van der Waals surface area contributed by atoms with Crippen molar-refractivity contribution in [2.75, 3.05) is 6.54 Å². The van der Waals surface area contributed by atoms with Gasteiger partial charge in [0, 0.05) is 12.6 Å². The molecule has 1 aliphatic carbocycles. The van der Waals surface area contributed by atoms with Crippen molar-refractivity contribution in [1.82, 2.24) is 5.32 Å². The molecule has 20 heavy (non-hydrogen) atoms. The first-order valence-electron chi connectivity index (χ1n) is 6.53.